The summed E-state index contributed by atoms with van der Waals surface area (Å²) < 4.78 is 0. The number of rotatable bonds is 2. The second-order valence-electron chi connectivity index (χ2n) is 6.03. The second-order valence-corrected chi connectivity index (χ2v) is 6.03. The Bertz CT molecular complexity index is 326. The van der Waals surface area contributed by atoms with Crippen LogP contribution in [0.15, 0.2) is 0 Å². The third kappa shape index (κ3) is 2.60. The molecule has 96 valence electrons. The molecule has 1 aliphatic heterocycles. The molecule has 2 N–H and O–H groups in total. The van der Waals surface area contributed by atoms with Gasteiger partial charge in [0.25, 0.3) is 0 Å². The number of amides is 3. The Balaban J connectivity index is 1.99. The molecule has 1 heterocycles. The molecule has 5 nitrogen and oxygen atoms in total. The Kier molecular flexibility index (Phi) is 2.89. The van der Waals surface area contributed by atoms with Crippen molar-refractivity contribution in [3.63, 3.8) is 0 Å². The number of nitrogens with zero attached hydrogens (tertiary/aromatic N) is 1. The van der Waals surface area contributed by atoms with E-state index in [0.29, 0.717) is 12.8 Å². The number of imide groups is 1. The fourth-order valence-corrected chi connectivity index (χ4v) is 2.46. The van der Waals surface area contributed by atoms with Crippen LogP contribution >= 0.6 is 0 Å². The van der Waals surface area contributed by atoms with Crippen LogP contribution in [0.25, 0.3) is 0 Å². The van der Waals surface area contributed by atoms with Crippen molar-refractivity contribution in [1.29, 1.82) is 0 Å². The van der Waals surface area contributed by atoms with Crippen LogP contribution in [0.3, 0.4) is 0 Å². The third-order valence-corrected chi connectivity index (χ3v) is 3.92. The Morgan fingerprint density at radius 3 is 2.29 bits per heavy atom. The first kappa shape index (κ1) is 12.4. The number of β-amino-alcohol motifs (C(OH)–C–C–N with tert-alkyl or cyclic N) is 1. The van der Waals surface area contributed by atoms with Gasteiger partial charge in [-0.05, 0) is 31.1 Å². The molecule has 0 bridgehead atoms. The average molecular weight is 240 g/mol. The highest BCUT2D eigenvalue weighted by molar-refractivity contribution is 6.02. The number of urea groups is 1. The molecule has 1 aliphatic carbocycles. The summed E-state index contributed by atoms with van der Waals surface area (Å²) in [5, 5.41) is 12.9. The molecule has 0 aromatic rings. The standard InChI is InChI=1S/C12H20N2O3/c1-11(2)3-5-12(17,6-4-11)8-14-9(15)7-13-10(14)16/h17H,3-8H2,1-2H3,(H,13,16). The van der Waals surface area contributed by atoms with Gasteiger partial charge in [-0.2, -0.15) is 0 Å². The maximum atomic E-state index is 11.5. The summed E-state index contributed by atoms with van der Waals surface area (Å²) >= 11 is 0. The van der Waals surface area contributed by atoms with Crippen molar-refractivity contribution in [2.24, 2.45) is 5.41 Å². The molecule has 0 aromatic heterocycles. The monoisotopic (exact) mass is 240 g/mol. The summed E-state index contributed by atoms with van der Waals surface area (Å²) in [6.45, 7) is 4.55. The van der Waals surface area contributed by atoms with Gasteiger partial charge in [-0.1, -0.05) is 13.8 Å². The number of nitrogens with one attached hydrogen (secondary N) is 1. The molecular weight excluding hydrogens is 220 g/mol. The number of carbonyl (C=O) groups is 2. The topological polar surface area (TPSA) is 69.6 Å². The number of aliphatic hydroxyl groups is 1. The minimum atomic E-state index is -0.896. The Hall–Kier alpha value is -1.10. The van der Waals surface area contributed by atoms with E-state index in [-0.39, 0.29) is 30.4 Å². The van der Waals surface area contributed by atoms with Gasteiger partial charge < -0.3 is 10.4 Å². The Morgan fingerprint density at radius 1 is 1.24 bits per heavy atom. The molecule has 2 rings (SSSR count). The number of hydrogen-bond donors (Lipinski definition) is 2. The van der Waals surface area contributed by atoms with Gasteiger partial charge in [0.2, 0.25) is 5.91 Å². The summed E-state index contributed by atoms with van der Waals surface area (Å²) in [4.78, 5) is 24.0. The highest BCUT2D eigenvalue weighted by atomic mass is 16.3. The predicted molar refractivity (Wildman–Crippen MR) is 62.3 cm³/mol. The van der Waals surface area contributed by atoms with E-state index in [0.717, 1.165) is 17.7 Å². The van der Waals surface area contributed by atoms with E-state index < -0.39 is 5.60 Å². The molecular formula is C12H20N2O3. The van der Waals surface area contributed by atoms with Gasteiger partial charge in [0, 0.05) is 0 Å². The quantitative estimate of drug-likeness (QED) is 0.704. The van der Waals surface area contributed by atoms with E-state index in [1.54, 1.807) is 0 Å². The molecule has 0 radical (unpaired) electrons. The van der Waals surface area contributed by atoms with E-state index in [2.05, 4.69) is 19.2 Å². The SMILES string of the molecule is CC1(C)CCC(O)(CN2C(=O)CNC2=O)CC1. The van der Waals surface area contributed by atoms with Crippen molar-refractivity contribution in [2.45, 2.75) is 45.1 Å². The van der Waals surface area contributed by atoms with Crippen molar-refractivity contribution >= 4 is 11.9 Å². The van der Waals surface area contributed by atoms with E-state index >= 15 is 0 Å². The fraction of sp³-hybridized carbons (Fsp3) is 0.833. The van der Waals surface area contributed by atoms with Gasteiger partial charge in [0.1, 0.15) is 0 Å². The van der Waals surface area contributed by atoms with Crippen LogP contribution in [0.5, 0.6) is 0 Å². The first-order chi connectivity index (χ1) is 7.81. The lowest BCUT2D eigenvalue weighted by atomic mass is 9.71. The van der Waals surface area contributed by atoms with Gasteiger partial charge in [0.05, 0.1) is 18.7 Å². The van der Waals surface area contributed by atoms with Crippen molar-refractivity contribution in [2.75, 3.05) is 13.1 Å². The van der Waals surface area contributed by atoms with E-state index in [4.69, 9.17) is 0 Å². The highest BCUT2D eigenvalue weighted by Crippen LogP contribution is 2.40. The normalized spacial score (nSPS) is 27.1. The molecule has 0 atom stereocenters. The molecule has 17 heavy (non-hydrogen) atoms. The first-order valence-corrected chi connectivity index (χ1v) is 6.12. The Morgan fingerprint density at radius 2 is 1.82 bits per heavy atom. The van der Waals surface area contributed by atoms with Crippen LogP contribution < -0.4 is 5.32 Å². The lowest BCUT2D eigenvalue weighted by Gasteiger charge is -2.41. The zero-order chi connectivity index (χ0) is 12.7. The van der Waals surface area contributed by atoms with E-state index in [9.17, 15) is 14.7 Å². The van der Waals surface area contributed by atoms with Crippen LogP contribution in [0.4, 0.5) is 4.79 Å². The maximum absolute atomic E-state index is 11.5. The van der Waals surface area contributed by atoms with Crippen LogP contribution in [0.1, 0.15) is 39.5 Å². The molecule has 2 fully saturated rings. The van der Waals surface area contributed by atoms with Crippen LogP contribution in [-0.4, -0.2) is 40.6 Å². The predicted octanol–water partition coefficient (Wildman–Crippen LogP) is 0.870. The largest absolute Gasteiger partial charge is 0.388 e. The molecule has 5 heteroatoms. The molecule has 0 aromatic carbocycles. The first-order valence-electron chi connectivity index (χ1n) is 6.12. The van der Waals surface area contributed by atoms with Crippen molar-refractivity contribution < 1.29 is 14.7 Å². The third-order valence-electron chi connectivity index (χ3n) is 3.92. The molecule has 0 unspecified atom stereocenters. The summed E-state index contributed by atoms with van der Waals surface area (Å²) in [7, 11) is 0. The average Bonchev–Trinajstić information content (AvgIpc) is 2.55. The molecule has 1 saturated heterocycles. The van der Waals surface area contributed by atoms with Gasteiger partial charge in [-0.15, -0.1) is 0 Å². The van der Waals surface area contributed by atoms with Crippen molar-refractivity contribution in [3.8, 4) is 0 Å². The van der Waals surface area contributed by atoms with Gasteiger partial charge in [-0.25, -0.2) is 4.79 Å². The van der Waals surface area contributed by atoms with Crippen molar-refractivity contribution in [1.82, 2.24) is 10.2 Å². The summed E-state index contributed by atoms with van der Waals surface area (Å²) in [5.41, 5.74) is -0.642. The maximum Gasteiger partial charge on any atom is 0.324 e. The minimum Gasteiger partial charge on any atom is -0.388 e. The van der Waals surface area contributed by atoms with Crippen LogP contribution in [0.2, 0.25) is 0 Å². The summed E-state index contributed by atoms with van der Waals surface area (Å²) in [6.07, 6.45) is 3.15. The highest BCUT2D eigenvalue weighted by Gasteiger charge is 2.41. The summed E-state index contributed by atoms with van der Waals surface area (Å²) in [5.74, 6) is -0.242. The summed E-state index contributed by atoms with van der Waals surface area (Å²) in [6, 6.07) is -0.381. The van der Waals surface area contributed by atoms with Crippen LogP contribution in [-0.2, 0) is 4.79 Å². The van der Waals surface area contributed by atoms with Gasteiger partial charge in [-0.3, -0.25) is 9.69 Å². The van der Waals surface area contributed by atoms with Crippen molar-refractivity contribution in [3.05, 3.63) is 0 Å². The lowest BCUT2D eigenvalue weighted by molar-refractivity contribution is -0.129. The number of hydrogen-bond acceptors (Lipinski definition) is 3. The van der Waals surface area contributed by atoms with Gasteiger partial charge in [0.15, 0.2) is 0 Å². The zero-order valence-corrected chi connectivity index (χ0v) is 10.5. The van der Waals surface area contributed by atoms with E-state index in [1.165, 1.54) is 0 Å². The molecule has 0 spiro atoms. The molecule has 2 aliphatic rings. The van der Waals surface area contributed by atoms with Gasteiger partial charge >= 0.3 is 6.03 Å². The lowest BCUT2D eigenvalue weighted by Crippen LogP contribution is -2.48. The smallest absolute Gasteiger partial charge is 0.324 e. The molecule has 1 saturated carbocycles. The van der Waals surface area contributed by atoms with Crippen LogP contribution in [0, 0.1) is 5.41 Å². The number of carbonyl (C=O) groups excluding carboxylic acids is 2. The van der Waals surface area contributed by atoms with E-state index in [1.807, 2.05) is 0 Å². The fourth-order valence-electron chi connectivity index (χ4n) is 2.46. The zero-order valence-electron chi connectivity index (χ0n) is 10.5. The minimum absolute atomic E-state index is 0.0560. The second kappa shape index (κ2) is 3.98. The molecule has 3 amide bonds. The Labute approximate surface area is 101 Å².